The van der Waals surface area contributed by atoms with Crippen molar-refractivity contribution in [2.24, 2.45) is 5.92 Å². The summed E-state index contributed by atoms with van der Waals surface area (Å²) < 4.78 is 1.08. The van der Waals surface area contributed by atoms with Gasteiger partial charge in [-0.15, -0.1) is 11.3 Å². The predicted octanol–water partition coefficient (Wildman–Crippen LogP) is 4.13. The van der Waals surface area contributed by atoms with Crippen molar-refractivity contribution in [3.05, 3.63) is 39.1 Å². The minimum atomic E-state index is 0.240. The topological polar surface area (TPSA) is 33.1 Å². The van der Waals surface area contributed by atoms with Crippen LogP contribution in [0.5, 0.6) is 0 Å². The molecule has 0 saturated carbocycles. The van der Waals surface area contributed by atoms with E-state index >= 15 is 0 Å². The maximum Gasteiger partial charge on any atom is 0.0936 e. The fourth-order valence-electron chi connectivity index (χ4n) is 1.74. The van der Waals surface area contributed by atoms with E-state index in [0.29, 0.717) is 5.92 Å². The van der Waals surface area contributed by atoms with Gasteiger partial charge >= 0.3 is 0 Å². The molecule has 1 N–H and O–H groups in total. The van der Waals surface area contributed by atoms with E-state index in [4.69, 9.17) is 0 Å². The Labute approximate surface area is 120 Å². The number of aromatic nitrogens is 1. The summed E-state index contributed by atoms with van der Waals surface area (Å²) in [5, 5.41) is 12.4. The van der Waals surface area contributed by atoms with Gasteiger partial charge in [0.15, 0.2) is 0 Å². The molecule has 96 valence electrons. The Morgan fingerprint density at radius 3 is 2.67 bits per heavy atom. The highest BCUT2D eigenvalue weighted by Crippen LogP contribution is 2.25. The Balaban J connectivity index is 2.12. The van der Waals surface area contributed by atoms with Crippen LogP contribution >= 0.6 is 27.3 Å². The van der Waals surface area contributed by atoms with Gasteiger partial charge in [0.1, 0.15) is 0 Å². The first-order valence-electron chi connectivity index (χ1n) is 6.04. The van der Waals surface area contributed by atoms with Crippen molar-refractivity contribution in [2.45, 2.75) is 19.8 Å². The maximum atomic E-state index is 9.21. The highest BCUT2D eigenvalue weighted by molar-refractivity contribution is 9.10. The molecule has 1 heterocycles. The normalized spacial score (nSPS) is 12.6. The molecule has 1 aromatic heterocycles. The summed E-state index contributed by atoms with van der Waals surface area (Å²) in [6, 6.07) is 8.17. The summed E-state index contributed by atoms with van der Waals surface area (Å²) >= 11 is 5.10. The Hall–Kier alpha value is -0.710. The number of aliphatic hydroxyl groups is 1. The molecule has 2 aromatic rings. The van der Waals surface area contributed by atoms with E-state index in [9.17, 15) is 5.11 Å². The number of rotatable bonds is 5. The Bertz CT molecular complexity index is 491. The molecule has 1 unspecified atom stereocenters. The van der Waals surface area contributed by atoms with Crippen LogP contribution in [0.25, 0.3) is 11.3 Å². The second kappa shape index (κ2) is 6.45. The second-order valence-corrected chi connectivity index (χ2v) is 6.15. The zero-order valence-electron chi connectivity index (χ0n) is 10.3. The average molecular weight is 326 g/mol. The summed E-state index contributed by atoms with van der Waals surface area (Å²) in [5.41, 5.74) is 2.16. The van der Waals surface area contributed by atoms with Crippen LogP contribution in [-0.4, -0.2) is 16.7 Å². The van der Waals surface area contributed by atoms with Crippen molar-refractivity contribution < 1.29 is 5.11 Å². The van der Waals surface area contributed by atoms with Crippen LogP contribution in [0.1, 0.15) is 18.4 Å². The first kappa shape index (κ1) is 13.7. The Kier molecular flexibility index (Phi) is 4.92. The van der Waals surface area contributed by atoms with Gasteiger partial charge in [0.05, 0.1) is 10.7 Å². The van der Waals surface area contributed by atoms with Crippen LogP contribution in [0, 0.1) is 5.92 Å². The number of hydrogen-bond acceptors (Lipinski definition) is 3. The van der Waals surface area contributed by atoms with Gasteiger partial charge < -0.3 is 5.11 Å². The molecule has 0 saturated heterocycles. The van der Waals surface area contributed by atoms with Gasteiger partial charge in [-0.25, -0.2) is 4.98 Å². The third-order valence-electron chi connectivity index (χ3n) is 2.99. The summed E-state index contributed by atoms with van der Waals surface area (Å²) in [6.45, 7) is 2.34. The summed E-state index contributed by atoms with van der Waals surface area (Å²) in [5.74, 6) is 0.328. The molecule has 0 spiro atoms. The van der Waals surface area contributed by atoms with Crippen LogP contribution in [-0.2, 0) is 6.42 Å². The summed E-state index contributed by atoms with van der Waals surface area (Å²) in [4.78, 5) is 4.64. The molecule has 0 bridgehead atoms. The lowest BCUT2D eigenvalue weighted by Gasteiger charge is -2.08. The molecular formula is C14H16BrNOS. The lowest BCUT2D eigenvalue weighted by molar-refractivity contribution is 0.222. The highest BCUT2D eigenvalue weighted by Gasteiger charge is 2.10. The minimum absolute atomic E-state index is 0.240. The number of aliphatic hydroxyl groups excluding tert-OH is 1. The predicted molar refractivity (Wildman–Crippen MR) is 79.8 cm³/mol. The molecule has 4 heteroatoms. The van der Waals surface area contributed by atoms with Gasteiger partial charge in [-0.3, -0.25) is 0 Å². The van der Waals surface area contributed by atoms with Crippen LogP contribution < -0.4 is 0 Å². The van der Waals surface area contributed by atoms with Crippen LogP contribution in [0.4, 0.5) is 0 Å². The van der Waals surface area contributed by atoms with Gasteiger partial charge in [0.25, 0.3) is 0 Å². The molecule has 0 aliphatic rings. The van der Waals surface area contributed by atoms with Gasteiger partial charge in [-0.05, 0) is 18.1 Å². The molecule has 0 aliphatic heterocycles. The number of nitrogens with zero attached hydrogens (tertiary/aromatic N) is 1. The number of benzene rings is 1. The monoisotopic (exact) mass is 325 g/mol. The van der Waals surface area contributed by atoms with Crippen molar-refractivity contribution >= 4 is 27.3 Å². The van der Waals surface area contributed by atoms with Crippen molar-refractivity contribution in [1.82, 2.24) is 4.98 Å². The molecule has 0 radical (unpaired) electrons. The van der Waals surface area contributed by atoms with E-state index < -0.39 is 0 Å². The number of hydrogen-bond donors (Lipinski definition) is 1. The zero-order chi connectivity index (χ0) is 13.0. The third kappa shape index (κ3) is 3.40. The minimum Gasteiger partial charge on any atom is -0.396 e. The van der Waals surface area contributed by atoms with Crippen molar-refractivity contribution in [3.63, 3.8) is 0 Å². The molecule has 2 rings (SSSR count). The molecule has 0 aliphatic carbocycles. The molecule has 0 fully saturated rings. The van der Waals surface area contributed by atoms with Gasteiger partial charge in [0, 0.05) is 28.4 Å². The van der Waals surface area contributed by atoms with Crippen molar-refractivity contribution in [2.75, 3.05) is 6.61 Å². The first-order chi connectivity index (χ1) is 8.72. The average Bonchev–Trinajstić information content (AvgIpc) is 2.85. The quantitative estimate of drug-likeness (QED) is 0.896. The van der Waals surface area contributed by atoms with E-state index in [0.717, 1.165) is 33.6 Å². The summed E-state index contributed by atoms with van der Waals surface area (Å²) in [7, 11) is 0. The van der Waals surface area contributed by atoms with Crippen molar-refractivity contribution in [1.29, 1.82) is 0 Å². The molecule has 1 aromatic carbocycles. The van der Waals surface area contributed by atoms with E-state index in [2.05, 4.69) is 45.4 Å². The standard InChI is InChI=1S/C14H16BrNOS/c1-2-10(8-17)7-14-16-13(9-18-14)11-3-5-12(15)6-4-11/h3-6,9-10,17H,2,7-8H2,1H3. The smallest absolute Gasteiger partial charge is 0.0936 e. The lowest BCUT2D eigenvalue weighted by atomic mass is 10.0. The molecular weight excluding hydrogens is 310 g/mol. The fraction of sp³-hybridized carbons (Fsp3) is 0.357. The molecule has 1 atom stereocenters. The Morgan fingerprint density at radius 2 is 2.06 bits per heavy atom. The highest BCUT2D eigenvalue weighted by atomic mass is 79.9. The first-order valence-corrected chi connectivity index (χ1v) is 7.71. The Morgan fingerprint density at radius 1 is 1.33 bits per heavy atom. The molecule has 0 amide bonds. The van der Waals surface area contributed by atoms with Gasteiger partial charge in [-0.2, -0.15) is 0 Å². The largest absolute Gasteiger partial charge is 0.396 e. The van der Waals surface area contributed by atoms with Crippen molar-refractivity contribution in [3.8, 4) is 11.3 Å². The molecule has 2 nitrogen and oxygen atoms in total. The van der Waals surface area contributed by atoms with E-state index in [1.165, 1.54) is 0 Å². The van der Waals surface area contributed by atoms with E-state index in [1.807, 2.05) is 12.1 Å². The second-order valence-electron chi connectivity index (χ2n) is 4.29. The van der Waals surface area contributed by atoms with Gasteiger partial charge in [-0.1, -0.05) is 41.4 Å². The van der Waals surface area contributed by atoms with Crippen LogP contribution in [0.2, 0.25) is 0 Å². The fourth-order valence-corrected chi connectivity index (χ4v) is 2.93. The van der Waals surface area contributed by atoms with E-state index in [1.54, 1.807) is 11.3 Å². The van der Waals surface area contributed by atoms with E-state index in [-0.39, 0.29) is 6.61 Å². The maximum absolute atomic E-state index is 9.21. The summed E-state index contributed by atoms with van der Waals surface area (Å²) in [6.07, 6.45) is 1.86. The number of thiazole rings is 1. The van der Waals surface area contributed by atoms with Crippen LogP contribution in [0.15, 0.2) is 34.1 Å². The van der Waals surface area contributed by atoms with Crippen LogP contribution in [0.3, 0.4) is 0 Å². The third-order valence-corrected chi connectivity index (χ3v) is 4.39. The zero-order valence-corrected chi connectivity index (χ0v) is 12.7. The molecule has 18 heavy (non-hydrogen) atoms. The number of halogens is 1. The van der Waals surface area contributed by atoms with Gasteiger partial charge in [0.2, 0.25) is 0 Å². The SMILES string of the molecule is CCC(CO)Cc1nc(-c2ccc(Br)cc2)cs1. The lowest BCUT2D eigenvalue weighted by Crippen LogP contribution is -2.07.